The molecular weight excluding hydrogens is 298 g/mol. The number of amides is 3. The molecule has 0 aromatic heterocycles. The van der Waals surface area contributed by atoms with E-state index in [1.54, 1.807) is 0 Å². The highest BCUT2D eigenvalue weighted by Gasteiger charge is 2.35. The molecule has 0 unspecified atom stereocenters. The molecule has 22 heavy (non-hydrogen) atoms. The minimum Gasteiger partial charge on any atom is -0.508 e. The van der Waals surface area contributed by atoms with Crippen molar-refractivity contribution in [1.82, 2.24) is 10.2 Å². The highest BCUT2D eigenvalue weighted by Crippen LogP contribution is 2.26. The molecule has 0 bridgehead atoms. The second-order valence-electron chi connectivity index (χ2n) is 4.27. The lowest BCUT2D eigenvalue weighted by Crippen LogP contribution is -2.35. The van der Waals surface area contributed by atoms with E-state index in [2.05, 4.69) is 5.32 Å². The van der Waals surface area contributed by atoms with Gasteiger partial charge in [-0.05, 0) is 18.2 Å². The molecule has 0 spiro atoms. The third kappa shape index (κ3) is 2.85. The number of nitrogens with zero attached hydrogens (tertiary/aromatic N) is 2. The van der Waals surface area contributed by atoms with Gasteiger partial charge in [-0.1, -0.05) is 0 Å². The van der Waals surface area contributed by atoms with Gasteiger partial charge in [0, 0.05) is 6.07 Å². The van der Waals surface area contributed by atoms with Crippen molar-refractivity contribution in [3.63, 3.8) is 0 Å². The molecule has 2 rings (SSSR count). The minimum atomic E-state index is -1.38. The first kappa shape index (κ1) is 15.0. The summed E-state index contributed by atoms with van der Waals surface area (Å²) in [5.74, 6) is -2.57. The minimum absolute atomic E-state index is 0.106. The normalized spacial score (nSPS) is 16.0. The summed E-state index contributed by atoms with van der Waals surface area (Å²) in [7, 11) is 0. The van der Waals surface area contributed by atoms with E-state index in [4.69, 9.17) is 5.11 Å². The van der Waals surface area contributed by atoms with E-state index in [0.717, 1.165) is 24.3 Å². The number of aliphatic carboxylic acids is 1. The quantitative estimate of drug-likeness (QED) is 0.313. The molecule has 1 aliphatic heterocycles. The number of imide groups is 1. The molecule has 1 aromatic carbocycles. The van der Waals surface area contributed by atoms with E-state index in [1.165, 1.54) is 0 Å². The Morgan fingerprint density at radius 1 is 1.41 bits per heavy atom. The van der Waals surface area contributed by atoms with Gasteiger partial charge in [-0.25, -0.2) is 9.69 Å². The molecule has 0 atom stereocenters. The van der Waals surface area contributed by atoms with E-state index in [0.29, 0.717) is 4.90 Å². The highest BCUT2D eigenvalue weighted by molar-refractivity contribution is 6.15. The van der Waals surface area contributed by atoms with Gasteiger partial charge in [0.25, 0.3) is 11.6 Å². The number of rotatable bonds is 4. The number of carboxylic acids is 1. The number of nitrogens with one attached hydrogen (secondary N) is 1. The monoisotopic (exact) mass is 307 g/mol. The number of hydrogen-bond donors (Lipinski definition) is 3. The topological polar surface area (TPSA) is 150 Å². The van der Waals surface area contributed by atoms with Crippen LogP contribution >= 0.6 is 0 Å². The first-order valence-corrected chi connectivity index (χ1v) is 5.83. The summed E-state index contributed by atoms with van der Waals surface area (Å²) >= 11 is 0. The molecule has 3 amide bonds. The van der Waals surface area contributed by atoms with E-state index in [9.17, 15) is 29.6 Å². The fourth-order valence-corrected chi connectivity index (χ4v) is 1.83. The third-order valence-electron chi connectivity index (χ3n) is 2.76. The zero-order chi connectivity index (χ0) is 16.4. The number of benzene rings is 1. The van der Waals surface area contributed by atoms with Gasteiger partial charge in [-0.3, -0.25) is 19.7 Å². The van der Waals surface area contributed by atoms with Gasteiger partial charge in [-0.2, -0.15) is 0 Å². The largest absolute Gasteiger partial charge is 0.508 e. The molecule has 0 radical (unpaired) electrons. The van der Waals surface area contributed by atoms with Crippen molar-refractivity contribution < 1.29 is 29.5 Å². The molecule has 0 saturated carbocycles. The maximum atomic E-state index is 11.9. The smallest absolute Gasteiger partial charge is 0.329 e. The van der Waals surface area contributed by atoms with Gasteiger partial charge in [0.1, 0.15) is 18.0 Å². The summed E-state index contributed by atoms with van der Waals surface area (Å²) in [6.45, 7) is -0.829. The third-order valence-corrected chi connectivity index (χ3v) is 2.76. The summed E-state index contributed by atoms with van der Waals surface area (Å²) < 4.78 is 0. The standard InChI is InChI=1S/C12H9N3O7/c16-7-1-2-9(15(21)22)6(3-7)4-8-11(19)14(5-10(17)18)12(20)13-8/h1-4,16H,5H2,(H,13,20)(H,17,18)/b8-4+. The molecule has 10 heteroatoms. The maximum Gasteiger partial charge on any atom is 0.329 e. The van der Waals surface area contributed by atoms with Crippen molar-refractivity contribution in [3.05, 3.63) is 39.6 Å². The average molecular weight is 307 g/mol. The van der Waals surface area contributed by atoms with Gasteiger partial charge >= 0.3 is 12.0 Å². The van der Waals surface area contributed by atoms with Crippen LogP contribution < -0.4 is 5.32 Å². The van der Waals surface area contributed by atoms with Crippen LogP contribution in [0.1, 0.15) is 5.56 Å². The number of carboxylic acid groups (broad SMARTS) is 1. The molecule has 114 valence electrons. The van der Waals surface area contributed by atoms with Crippen LogP contribution in [0.4, 0.5) is 10.5 Å². The first-order valence-electron chi connectivity index (χ1n) is 5.83. The molecule has 1 aliphatic rings. The summed E-state index contributed by atoms with van der Waals surface area (Å²) in [6, 6.07) is 2.25. The zero-order valence-corrected chi connectivity index (χ0v) is 10.8. The van der Waals surface area contributed by atoms with Gasteiger partial charge in [0.05, 0.1) is 10.5 Å². The van der Waals surface area contributed by atoms with Crippen LogP contribution in [-0.4, -0.2) is 44.5 Å². The molecule has 1 aromatic rings. The Morgan fingerprint density at radius 2 is 2.09 bits per heavy atom. The van der Waals surface area contributed by atoms with Crippen molar-refractivity contribution in [1.29, 1.82) is 0 Å². The van der Waals surface area contributed by atoms with Gasteiger partial charge < -0.3 is 15.5 Å². The number of urea groups is 1. The van der Waals surface area contributed by atoms with Crippen LogP contribution in [0.3, 0.4) is 0 Å². The average Bonchev–Trinajstić information content (AvgIpc) is 2.66. The maximum absolute atomic E-state index is 11.9. The van der Waals surface area contributed by atoms with Crippen molar-refractivity contribution in [3.8, 4) is 5.75 Å². The number of carbonyl (C=O) groups excluding carboxylic acids is 2. The number of carbonyl (C=O) groups is 3. The van der Waals surface area contributed by atoms with Crippen molar-refractivity contribution in [2.45, 2.75) is 0 Å². The number of hydrogen-bond acceptors (Lipinski definition) is 6. The Hall–Kier alpha value is -3.43. The van der Waals surface area contributed by atoms with E-state index >= 15 is 0 Å². The number of nitro benzene ring substituents is 1. The molecule has 1 heterocycles. The van der Waals surface area contributed by atoms with E-state index in [1.807, 2.05) is 0 Å². The second-order valence-corrected chi connectivity index (χ2v) is 4.27. The number of phenolic OH excluding ortho intramolecular Hbond substituents is 1. The molecule has 10 nitrogen and oxygen atoms in total. The van der Waals surface area contributed by atoms with Crippen LogP contribution in [0.15, 0.2) is 23.9 Å². The lowest BCUT2D eigenvalue weighted by molar-refractivity contribution is -0.385. The second kappa shape index (κ2) is 5.52. The van der Waals surface area contributed by atoms with Crippen LogP contribution in [0.25, 0.3) is 6.08 Å². The highest BCUT2D eigenvalue weighted by atomic mass is 16.6. The Balaban J connectivity index is 2.41. The Labute approximate surface area is 122 Å². The van der Waals surface area contributed by atoms with Crippen molar-refractivity contribution >= 4 is 29.7 Å². The van der Waals surface area contributed by atoms with E-state index in [-0.39, 0.29) is 22.7 Å². The molecule has 0 aliphatic carbocycles. The van der Waals surface area contributed by atoms with Gasteiger partial charge in [0.2, 0.25) is 0 Å². The Kier molecular flexibility index (Phi) is 3.75. The zero-order valence-electron chi connectivity index (χ0n) is 10.8. The number of phenols is 1. The lowest BCUT2D eigenvalue weighted by atomic mass is 10.1. The summed E-state index contributed by atoms with van der Waals surface area (Å²) in [5, 5.41) is 31.0. The summed E-state index contributed by atoms with van der Waals surface area (Å²) in [4.78, 5) is 44.6. The summed E-state index contributed by atoms with van der Waals surface area (Å²) in [5.41, 5.74) is -0.810. The molecular formula is C12H9N3O7. The predicted octanol–water partition coefficient (Wildman–Crippen LogP) is 0.278. The molecule has 3 N–H and O–H groups in total. The Morgan fingerprint density at radius 3 is 2.68 bits per heavy atom. The molecule has 1 fully saturated rings. The SMILES string of the molecule is O=C(O)CN1C(=O)N/C(=C/c2cc(O)ccc2[N+](=O)[O-])C1=O. The van der Waals surface area contributed by atoms with Crippen LogP contribution in [0.5, 0.6) is 5.75 Å². The first-order chi connectivity index (χ1) is 10.3. The van der Waals surface area contributed by atoms with E-state index < -0.39 is 29.4 Å². The Bertz CT molecular complexity index is 725. The fourth-order valence-electron chi connectivity index (χ4n) is 1.83. The van der Waals surface area contributed by atoms with Crippen molar-refractivity contribution in [2.75, 3.05) is 6.54 Å². The van der Waals surface area contributed by atoms with Crippen LogP contribution in [-0.2, 0) is 9.59 Å². The lowest BCUT2D eigenvalue weighted by Gasteiger charge is -2.06. The predicted molar refractivity (Wildman–Crippen MR) is 70.6 cm³/mol. The van der Waals surface area contributed by atoms with Gasteiger partial charge in [0.15, 0.2) is 0 Å². The molecule has 1 saturated heterocycles. The van der Waals surface area contributed by atoms with Crippen LogP contribution in [0.2, 0.25) is 0 Å². The fraction of sp³-hybridized carbons (Fsp3) is 0.0833. The van der Waals surface area contributed by atoms with Gasteiger partial charge in [-0.15, -0.1) is 0 Å². The number of nitro groups is 1. The van der Waals surface area contributed by atoms with Crippen LogP contribution in [0, 0.1) is 10.1 Å². The van der Waals surface area contributed by atoms with Crippen molar-refractivity contribution in [2.24, 2.45) is 0 Å². The number of aromatic hydroxyl groups is 1. The summed E-state index contributed by atoms with van der Waals surface area (Å²) in [6.07, 6.45) is 1.000.